The van der Waals surface area contributed by atoms with Gasteiger partial charge in [-0.2, -0.15) is 0 Å². The molecule has 21 heavy (non-hydrogen) atoms. The van der Waals surface area contributed by atoms with E-state index in [-0.39, 0.29) is 15.4 Å². The predicted molar refractivity (Wildman–Crippen MR) is 83.9 cm³/mol. The van der Waals surface area contributed by atoms with Gasteiger partial charge in [0.05, 0.1) is 10.2 Å². The first-order valence-electron chi connectivity index (χ1n) is 6.29. The summed E-state index contributed by atoms with van der Waals surface area (Å²) in [6.45, 7) is 1.79. The molecule has 106 valence electrons. The molecule has 0 bridgehead atoms. The summed E-state index contributed by atoms with van der Waals surface area (Å²) < 4.78 is 27.9. The minimum absolute atomic E-state index is 0.0604. The number of hydrogen-bond acceptors (Lipinski definition) is 2. The lowest BCUT2D eigenvalue weighted by Gasteiger charge is -2.13. The Morgan fingerprint density at radius 2 is 1.76 bits per heavy atom. The van der Waals surface area contributed by atoms with Crippen LogP contribution in [0.5, 0.6) is 0 Å². The van der Waals surface area contributed by atoms with E-state index in [2.05, 4.69) is 20.9 Å². The van der Waals surface area contributed by atoms with Gasteiger partial charge in [0.15, 0.2) is 5.82 Å². The van der Waals surface area contributed by atoms with Crippen molar-refractivity contribution in [2.24, 2.45) is 0 Å². The molecule has 0 spiro atoms. The number of rotatable bonds is 1. The van der Waals surface area contributed by atoms with E-state index in [4.69, 9.17) is 5.73 Å². The molecule has 2 nitrogen and oxygen atoms in total. The molecule has 2 N–H and O–H groups in total. The Bertz CT molecular complexity index is 848. The third-order valence-electron chi connectivity index (χ3n) is 3.45. The molecule has 2 aromatic carbocycles. The third-order valence-corrected chi connectivity index (χ3v) is 4.22. The van der Waals surface area contributed by atoms with Gasteiger partial charge >= 0.3 is 0 Å². The van der Waals surface area contributed by atoms with Crippen molar-refractivity contribution in [3.8, 4) is 11.3 Å². The predicted octanol–water partition coefficient (Wildman–Crippen LogP) is 4.83. The van der Waals surface area contributed by atoms with Crippen molar-refractivity contribution in [2.45, 2.75) is 6.92 Å². The number of nitrogens with two attached hydrogens (primary N) is 1. The van der Waals surface area contributed by atoms with E-state index in [0.717, 1.165) is 11.6 Å². The minimum Gasteiger partial charge on any atom is -0.398 e. The zero-order valence-electron chi connectivity index (χ0n) is 11.1. The highest BCUT2D eigenvalue weighted by atomic mass is 79.9. The fourth-order valence-electron chi connectivity index (χ4n) is 2.33. The number of nitrogen functional groups attached to an aromatic ring is 1. The van der Waals surface area contributed by atoms with Crippen molar-refractivity contribution in [1.29, 1.82) is 0 Å². The van der Waals surface area contributed by atoms with Crippen LogP contribution in [0.4, 0.5) is 14.5 Å². The van der Waals surface area contributed by atoms with Crippen LogP contribution in [-0.2, 0) is 0 Å². The summed E-state index contributed by atoms with van der Waals surface area (Å²) in [6, 6.07) is 10.2. The van der Waals surface area contributed by atoms with E-state index >= 15 is 0 Å². The summed E-state index contributed by atoms with van der Waals surface area (Å²) in [5.41, 5.74) is 8.60. The summed E-state index contributed by atoms with van der Waals surface area (Å²) in [4.78, 5) is 4.36. The van der Waals surface area contributed by atoms with E-state index < -0.39 is 11.6 Å². The van der Waals surface area contributed by atoms with Gasteiger partial charge in [-0.15, -0.1) is 0 Å². The van der Waals surface area contributed by atoms with Crippen molar-refractivity contribution in [2.75, 3.05) is 5.73 Å². The van der Waals surface area contributed by atoms with Crippen molar-refractivity contribution in [3.05, 3.63) is 58.1 Å². The van der Waals surface area contributed by atoms with Crippen LogP contribution in [0.25, 0.3) is 22.2 Å². The van der Waals surface area contributed by atoms with Gasteiger partial charge in [-0.25, -0.2) is 13.8 Å². The third kappa shape index (κ3) is 2.17. The van der Waals surface area contributed by atoms with Crippen molar-refractivity contribution >= 4 is 32.5 Å². The van der Waals surface area contributed by atoms with Gasteiger partial charge in [-0.05, 0) is 28.4 Å². The fourth-order valence-corrected chi connectivity index (χ4v) is 2.84. The molecule has 3 aromatic rings. The average Bonchev–Trinajstić information content (AvgIpc) is 2.48. The first-order chi connectivity index (χ1) is 10.0. The van der Waals surface area contributed by atoms with Crippen molar-refractivity contribution in [3.63, 3.8) is 0 Å². The number of fused-ring (bicyclic) bond motifs is 1. The molecular weight excluding hydrogens is 338 g/mol. The second-order valence-electron chi connectivity index (χ2n) is 4.74. The van der Waals surface area contributed by atoms with Crippen LogP contribution in [0.2, 0.25) is 0 Å². The molecule has 1 heterocycles. The standard InChI is InChI=1S/C16H11BrF2N2/c1-8-14(20)12-13(17)10(18)7-11(19)16(12)21-15(8)9-5-3-2-4-6-9/h2-7H,1H3,(H2,20,21). The molecule has 0 aliphatic carbocycles. The lowest BCUT2D eigenvalue weighted by Crippen LogP contribution is -2.01. The SMILES string of the molecule is Cc1c(-c2ccccc2)nc2c(F)cc(F)c(Br)c2c1N. The molecule has 0 amide bonds. The molecule has 0 saturated carbocycles. The zero-order valence-corrected chi connectivity index (χ0v) is 12.7. The Kier molecular flexibility index (Phi) is 3.37. The summed E-state index contributed by atoms with van der Waals surface area (Å²) in [5.74, 6) is -1.42. The molecule has 0 unspecified atom stereocenters. The van der Waals surface area contributed by atoms with Crippen LogP contribution in [0, 0.1) is 18.6 Å². The maximum Gasteiger partial charge on any atom is 0.152 e. The first-order valence-corrected chi connectivity index (χ1v) is 7.08. The normalized spacial score (nSPS) is 11.0. The topological polar surface area (TPSA) is 38.9 Å². The fraction of sp³-hybridized carbons (Fsp3) is 0.0625. The largest absolute Gasteiger partial charge is 0.398 e. The maximum absolute atomic E-state index is 14.1. The Morgan fingerprint density at radius 3 is 2.43 bits per heavy atom. The van der Waals surface area contributed by atoms with Gasteiger partial charge in [0.25, 0.3) is 0 Å². The number of anilines is 1. The second kappa shape index (κ2) is 5.07. The van der Waals surface area contributed by atoms with E-state index in [1.54, 1.807) is 6.92 Å². The van der Waals surface area contributed by atoms with Crippen LogP contribution in [0.3, 0.4) is 0 Å². The number of benzene rings is 2. The molecule has 0 atom stereocenters. The van der Waals surface area contributed by atoms with E-state index in [1.807, 2.05) is 30.3 Å². The Labute approximate surface area is 128 Å². The highest BCUT2D eigenvalue weighted by Crippen LogP contribution is 2.37. The molecule has 3 rings (SSSR count). The van der Waals surface area contributed by atoms with Gasteiger partial charge in [-0.3, -0.25) is 0 Å². The number of hydrogen-bond donors (Lipinski definition) is 1. The lowest BCUT2D eigenvalue weighted by atomic mass is 10.0. The van der Waals surface area contributed by atoms with Gasteiger partial charge in [0, 0.05) is 22.7 Å². The van der Waals surface area contributed by atoms with Gasteiger partial charge in [-0.1, -0.05) is 30.3 Å². The summed E-state index contributed by atoms with van der Waals surface area (Å²) in [6.07, 6.45) is 0. The van der Waals surface area contributed by atoms with Gasteiger partial charge in [0.1, 0.15) is 11.3 Å². The molecule has 0 aliphatic rings. The Balaban J connectivity index is 2.44. The number of pyridine rings is 1. The molecule has 0 saturated heterocycles. The van der Waals surface area contributed by atoms with Gasteiger partial charge in [0.2, 0.25) is 0 Å². The van der Waals surface area contributed by atoms with Crippen LogP contribution in [0.1, 0.15) is 5.56 Å². The summed E-state index contributed by atoms with van der Waals surface area (Å²) in [5, 5.41) is 0.268. The minimum atomic E-state index is -0.727. The quantitative estimate of drug-likeness (QED) is 0.639. The monoisotopic (exact) mass is 348 g/mol. The highest BCUT2D eigenvalue weighted by Gasteiger charge is 2.18. The smallest absolute Gasteiger partial charge is 0.152 e. The molecule has 0 radical (unpaired) electrons. The van der Waals surface area contributed by atoms with Gasteiger partial charge < -0.3 is 5.73 Å². The highest BCUT2D eigenvalue weighted by molar-refractivity contribution is 9.10. The van der Waals surface area contributed by atoms with Crippen molar-refractivity contribution < 1.29 is 8.78 Å². The molecule has 1 aromatic heterocycles. The molecular formula is C16H11BrF2N2. The van der Waals surface area contributed by atoms with Crippen LogP contribution >= 0.6 is 15.9 Å². The zero-order chi connectivity index (χ0) is 15.1. The van der Waals surface area contributed by atoms with Crippen LogP contribution in [-0.4, -0.2) is 4.98 Å². The summed E-state index contributed by atoms with van der Waals surface area (Å²) >= 11 is 3.12. The van der Waals surface area contributed by atoms with E-state index in [9.17, 15) is 8.78 Å². The number of halogens is 3. The maximum atomic E-state index is 14.1. The molecule has 0 aliphatic heterocycles. The Hall–Kier alpha value is -2.01. The average molecular weight is 349 g/mol. The van der Waals surface area contributed by atoms with E-state index in [1.165, 1.54) is 0 Å². The molecule has 5 heteroatoms. The van der Waals surface area contributed by atoms with Crippen LogP contribution < -0.4 is 5.73 Å². The number of aromatic nitrogens is 1. The van der Waals surface area contributed by atoms with Crippen molar-refractivity contribution in [1.82, 2.24) is 4.98 Å². The second-order valence-corrected chi connectivity index (χ2v) is 5.54. The molecule has 0 fully saturated rings. The summed E-state index contributed by atoms with van der Waals surface area (Å²) in [7, 11) is 0. The lowest BCUT2D eigenvalue weighted by molar-refractivity contribution is 0.586. The van der Waals surface area contributed by atoms with Crippen LogP contribution in [0.15, 0.2) is 40.9 Å². The number of nitrogens with zero attached hydrogens (tertiary/aromatic N) is 1. The Morgan fingerprint density at radius 1 is 1.10 bits per heavy atom. The first kappa shape index (κ1) is 13.9. The van der Waals surface area contributed by atoms with E-state index in [0.29, 0.717) is 16.9 Å².